The van der Waals surface area contributed by atoms with Gasteiger partial charge in [-0.3, -0.25) is 4.79 Å². The molecule has 1 N–H and O–H groups in total. The van der Waals surface area contributed by atoms with E-state index in [1.807, 2.05) is 4.90 Å². The van der Waals surface area contributed by atoms with Gasteiger partial charge in [0.1, 0.15) is 0 Å². The fraction of sp³-hybridized carbons (Fsp3) is 0.929. The van der Waals surface area contributed by atoms with Crippen LogP contribution in [0.5, 0.6) is 0 Å². The van der Waals surface area contributed by atoms with E-state index >= 15 is 0 Å². The van der Waals surface area contributed by atoms with Crippen LogP contribution in [0.15, 0.2) is 0 Å². The smallest absolute Gasteiger partial charge is 0.242 e. The Labute approximate surface area is 112 Å². The predicted octanol–water partition coefficient (Wildman–Crippen LogP) is 1.32. The molecule has 0 radical (unpaired) electrons. The second kappa shape index (κ2) is 7.10. The van der Waals surface area contributed by atoms with Crippen LogP contribution in [-0.2, 0) is 4.79 Å². The highest BCUT2D eigenvalue weighted by Crippen LogP contribution is 2.21. The largest absolute Gasteiger partial charge is 0.341 e. The van der Waals surface area contributed by atoms with E-state index in [9.17, 15) is 4.79 Å². The summed E-state index contributed by atoms with van der Waals surface area (Å²) < 4.78 is 0. The zero-order valence-electron chi connectivity index (χ0n) is 12.5. The van der Waals surface area contributed by atoms with E-state index in [1.165, 1.54) is 6.42 Å². The van der Waals surface area contributed by atoms with E-state index in [0.29, 0.717) is 0 Å². The summed E-state index contributed by atoms with van der Waals surface area (Å²) in [5.74, 6) is 0.281. The van der Waals surface area contributed by atoms with Gasteiger partial charge in [-0.15, -0.1) is 0 Å². The normalized spacial score (nSPS) is 24.3. The van der Waals surface area contributed by atoms with E-state index in [1.54, 1.807) is 0 Å². The lowest BCUT2D eigenvalue weighted by atomic mass is 9.89. The molecule has 0 bridgehead atoms. The number of hydrogen-bond donors (Lipinski definition) is 1. The molecule has 0 aromatic rings. The molecule has 0 saturated carbocycles. The Hall–Kier alpha value is -0.610. The Balaban J connectivity index is 2.49. The van der Waals surface area contributed by atoms with Crippen LogP contribution in [0, 0.1) is 0 Å². The number of hydrogen-bond acceptors (Lipinski definition) is 3. The third-order valence-corrected chi connectivity index (χ3v) is 3.79. The zero-order valence-corrected chi connectivity index (χ0v) is 12.5. The lowest BCUT2D eigenvalue weighted by Crippen LogP contribution is -2.58. The maximum atomic E-state index is 12.6. The van der Waals surface area contributed by atoms with Gasteiger partial charge in [0.2, 0.25) is 5.91 Å². The SMILES string of the molecule is CCN(CCCN(C)C)C(=O)C1(C)CCCCN1. The van der Waals surface area contributed by atoms with Crippen LogP contribution >= 0.6 is 0 Å². The molecule has 1 saturated heterocycles. The van der Waals surface area contributed by atoms with Gasteiger partial charge in [0, 0.05) is 13.1 Å². The van der Waals surface area contributed by atoms with E-state index in [0.717, 1.165) is 45.4 Å². The second-order valence-electron chi connectivity index (χ2n) is 5.76. The first-order chi connectivity index (χ1) is 8.49. The first-order valence-electron chi connectivity index (χ1n) is 7.19. The summed E-state index contributed by atoms with van der Waals surface area (Å²) in [5.41, 5.74) is -0.327. The average molecular weight is 255 g/mol. The van der Waals surface area contributed by atoms with Crippen molar-refractivity contribution in [2.75, 3.05) is 40.3 Å². The molecule has 1 aliphatic heterocycles. The van der Waals surface area contributed by atoms with Crippen molar-refractivity contribution in [3.05, 3.63) is 0 Å². The summed E-state index contributed by atoms with van der Waals surface area (Å²) >= 11 is 0. The van der Waals surface area contributed by atoms with E-state index in [4.69, 9.17) is 0 Å². The number of carbonyl (C=O) groups excluding carboxylic acids is 1. The molecular formula is C14H29N3O. The highest BCUT2D eigenvalue weighted by molar-refractivity contribution is 5.86. The van der Waals surface area contributed by atoms with Gasteiger partial charge in [-0.05, 0) is 66.7 Å². The van der Waals surface area contributed by atoms with Gasteiger partial charge in [-0.2, -0.15) is 0 Å². The highest BCUT2D eigenvalue weighted by atomic mass is 16.2. The number of piperidine rings is 1. The van der Waals surface area contributed by atoms with Gasteiger partial charge in [-0.25, -0.2) is 0 Å². The van der Waals surface area contributed by atoms with Crippen molar-refractivity contribution < 1.29 is 4.79 Å². The van der Waals surface area contributed by atoms with E-state index < -0.39 is 0 Å². The van der Waals surface area contributed by atoms with Crippen molar-refractivity contribution in [3.8, 4) is 0 Å². The molecule has 1 rings (SSSR count). The number of amides is 1. The molecule has 1 amide bonds. The van der Waals surface area contributed by atoms with Crippen LogP contribution in [0.25, 0.3) is 0 Å². The lowest BCUT2D eigenvalue weighted by Gasteiger charge is -2.37. The molecule has 1 atom stereocenters. The lowest BCUT2D eigenvalue weighted by molar-refractivity contribution is -0.138. The van der Waals surface area contributed by atoms with Gasteiger partial charge in [0.25, 0.3) is 0 Å². The second-order valence-corrected chi connectivity index (χ2v) is 5.76. The van der Waals surface area contributed by atoms with Crippen LogP contribution in [0.1, 0.15) is 39.5 Å². The average Bonchev–Trinajstić information content (AvgIpc) is 2.34. The molecule has 18 heavy (non-hydrogen) atoms. The Bertz CT molecular complexity index is 260. The Morgan fingerprint density at radius 2 is 2.00 bits per heavy atom. The summed E-state index contributed by atoms with van der Waals surface area (Å²) in [4.78, 5) is 16.7. The van der Waals surface area contributed by atoms with Crippen molar-refractivity contribution in [1.82, 2.24) is 15.1 Å². The van der Waals surface area contributed by atoms with Gasteiger partial charge in [0.15, 0.2) is 0 Å². The minimum atomic E-state index is -0.327. The number of nitrogens with one attached hydrogen (secondary N) is 1. The minimum absolute atomic E-state index is 0.281. The first-order valence-corrected chi connectivity index (χ1v) is 7.19. The number of rotatable bonds is 6. The summed E-state index contributed by atoms with van der Waals surface area (Å²) in [6.45, 7) is 7.81. The van der Waals surface area contributed by atoms with Crippen LogP contribution in [0.2, 0.25) is 0 Å². The number of likely N-dealkylation sites (N-methyl/N-ethyl adjacent to an activating group) is 1. The highest BCUT2D eigenvalue weighted by Gasteiger charge is 2.36. The van der Waals surface area contributed by atoms with Crippen LogP contribution in [-0.4, -0.2) is 61.5 Å². The van der Waals surface area contributed by atoms with Crippen LogP contribution in [0.4, 0.5) is 0 Å². The van der Waals surface area contributed by atoms with E-state index in [2.05, 4.69) is 38.2 Å². The summed E-state index contributed by atoms with van der Waals surface area (Å²) in [5, 5.41) is 3.41. The molecule has 1 fully saturated rings. The maximum Gasteiger partial charge on any atom is 0.242 e. The van der Waals surface area contributed by atoms with Crippen molar-refractivity contribution in [2.24, 2.45) is 0 Å². The fourth-order valence-corrected chi connectivity index (χ4v) is 2.57. The predicted molar refractivity (Wildman–Crippen MR) is 75.7 cm³/mol. The van der Waals surface area contributed by atoms with Crippen molar-refractivity contribution in [3.63, 3.8) is 0 Å². The van der Waals surface area contributed by atoms with Gasteiger partial charge >= 0.3 is 0 Å². The summed E-state index contributed by atoms with van der Waals surface area (Å²) in [6.07, 6.45) is 4.36. The van der Waals surface area contributed by atoms with Crippen molar-refractivity contribution in [2.45, 2.75) is 45.1 Å². The number of carbonyl (C=O) groups is 1. The number of nitrogens with zero attached hydrogens (tertiary/aromatic N) is 2. The zero-order chi connectivity index (χ0) is 13.6. The van der Waals surface area contributed by atoms with Crippen molar-refractivity contribution in [1.29, 1.82) is 0 Å². The van der Waals surface area contributed by atoms with Crippen LogP contribution in [0.3, 0.4) is 0 Å². The molecule has 106 valence electrons. The molecule has 1 unspecified atom stereocenters. The van der Waals surface area contributed by atoms with Gasteiger partial charge < -0.3 is 15.1 Å². The standard InChI is InChI=1S/C14H29N3O/c1-5-17(12-8-11-16(3)4)13(18)14(2)9-6-7-10-15-14/h15H,5-12H2,1-4H3. The molecule has 0 spiro atoms. The summed E-state index contributed by atoms with van der Waals surface area (Å²) in [6, 6.07) is 0. The monoisotopic (exact) mass is 255 g/mol. The minimum Gasteiger partial charge on any atom is -0.341 e. The van der Waals surface area contributed by atoms with Gasteiger partial charge in [0.05, 0.1) is 5.54 Å². The molecule has 0 aliphatic carbocycles. The molecule has 1 heterocycles. The summed E-state index contributed by atoms with van der Waals surface area (Å²) in [7, 11) is 4.14. The topological polar surface area (TPSA) is 35.6 Å². The molecule has 0 aromatic carbocycles. The Morgan fingerprint density at radius 3 is 2.50 bits per heavy atom. The quantitative estimate of drug-likeness (QED) is 0.777. The maximum absolute atomic E-state index is 12.6. The first kappa shape index (κ1) is 15.4. The molecule has 0 aromatic heterocycles. The van der Waals surface area contributed by atoms with E-state index in [-0.39, 0.29) is 11.4 Å². The molecule has 4 nitrogen and oxygen atoms in total. The molecular weight excluding hydrogens is 226 g/mol. The molecule has 1 aliphatic rings. The van der Waals surface area contributed by atoms with Crippen molar-refractivity contribution >= 4 is 5.91 Å². The Morgan fingerprint density at radius 1 is 1.28 bits per heavy atom. The third kappa shape index (κ3) is 4.25. The van der Waals surface area contributed by atoms with Crippen LogP contribution < -0.4 is 5.32 Å². The third-order valence-electron chi connectivity index (χ3n) is 3.79. The molecule has 4 heteroatoms. The Kier molecular flexibility index (Phi) is 6.09. The van der Waals surface area contributed by atoms with Gasteiger partial charge in [-0.1, -0.05) is 0 Å². The fourth-order valence-electron chi connectivity index (χ4n) is 2.57.